The van der Waals surface area contributed by atoms with Crippen LogP contribution in [0.1, 0.15) is 34.9 Å². The number of aromatic nitrogens is 2. The summed E-state index contributed by atoms with van der Waals surface area (Å²) in [6, 6.07) is 14.3. The van der Waals surface area contributed by atoms with Crippen LogP contribution >= 0.6 is 11.6 Å². The number of phenolic OH excluding ortho intramolecular Hbond substituents is 1. The van der Waals surface area contributed by atoms with E-state index in [0.29, 0.717) is 23.0 Å². The van der Waals surface area contributed by atoms with E-state index in [9.17, 15) is 9.90 Å². The number of rotatable bonds is 6. The smallest absolute Gasteiger partial charge is 0.223 e. The van der Waals surface area contributed by atoms with Crippen LogP contribution in [0.15, 0.2) is 53.2 Å². The third-order valence-corrected chi connectivity index (χ3v) is 4.84. The minimum Gasteiger partial charge on any atom is -0.508 e. The van der Waals surface area contributed by atoms with E-state index in [1.165, 1.54) is 0 Å². The first-order valence-electron chi connectivity index (χ1n) is 8.51. The molecule has 0 saturated heterocycles. The molecule has 1 amide bonds. The number of phenols is 1. The molecule has 0 spiro atoms. The first kappa shape index (κ1) is 18.9. The van der Waals surface area contributed by atoms with E-state index in [4.69, 9.17) is 16.2 Å². The van der Waals surface area contributed by atoms with Crippen molar-refractivity contribution in [1.82, 2.24) is 15.2 Å². The van der Waals surface area contributed by atoms with Gasteiger partial charge in [0.05, 0.1) is 6.54 Å². The van der Waals surface area contributed by atoms with Crippen LogP contribution in [0.3, 0.4) is 0 Å². The highest BCUT2D eigenvalue weighted by Gasteiger charge is 2.23. The average molecular weight is 386 g/mol. The van der Waals surface area contributed by atoms with Gasteiger partial charge in [0.25, 0.3) is 0 Å². The molecule has 0 saturated carbocycles. The Morgan fingerprint density at radius 1 is 1.22 bits per heavy atom. The Morgan fingerprint density at radius 2 is 2.00 bits per heavy atom. The lowest BCUT2D eigenvalue weighted by Gasteiger charge is -2.23. The van der Waals surface area contributed by atoms with Gasteiger partial charge < -0.3 is 10.0 Å². The van der Waals surface area contributed by atoms with E-state index in [1.54, 1.807) is 43.1 Å². The molecule has 3 aromatic rings. The third kappa shape index (κ3) is 4.46. The van der Waals surface area contributed by atoms with E-state index in [2.05, 4.69) is 10.3 Å². The van der Waals surface area contributed by atoms with E-state index in [-0.39, 0.29) is 24.0 Å². The summed E-state index contributed by atoms with van der Waals surface area (Å²) in [6.45, 7) is 2.09. The van der Waals surface area contributed by atoms with E-state index < -0.39 is 0 Å². The molecule has 3 rings (SSSR count). The van der Waals surface area contributed by atoms with Gasteiger partial charge in [-0.1, -0.05) is 52.2 Å². The van der Waals surface area contributed by atoms with Crippen LogP contribution in [0.4, 0.5) is 0 Å². The largest absolute Gasteiger partial charge is 0.508 e. The van der Waals surface area contributed by atoms with Gasteiger partial charge in [0.1, 0.15) is 17.1 Å². The molecule has 0 unspecified atom stereocenters. The molecule has 1 atom stereocenters. The van der Waals surface area contributed by atoms with Gasteiger partial charge in [0.2, 0.25) is 5.91 Å². The normalized spacial score (nSPS) is 12.0. The molecular formula is C20H20ClN3O3. The summed E-state index contributed by atoms with van der Waals surface area (Å²) < 4.78 is 4.69. The molecule has 0 fully saturated rings. The number of carbonyl (C=O) groups excluding carboxylic acids is 1. The van der Waals surface area contributed by atoms with Crippen molar-refractivity contribution in [3.05, 3.63) is 76.1 Å². The van der Waals surface area contributed by atoms with Crippen molar-refractivity contribution in [2.24, 2.45) is 0 Å². The maximum Gasteiger partial charge on any atom is 0.223 e. The van der Waals surface area contributed by atoms with E-state index >= 15 is 0 Å². The van der Waals surface area contributed by atoms with E-state index in [1.807, 2.05) is 24.3 Å². The Kier molecular flexibility index (Phi) is 5.76. The zero-order chi connectivity index (χ0) is 19.4. The first-order valence-corrected chi connectivity index (χ1v) is 8.89. The van der Waals surface area contributed by atoms with Crippen LogP contribution in [0.2, 0.25) is 5.02 Å². The Labute approximate surface area is 162 Å². The summed E-state index contributed by atoms with van der Waals surface area (Å²) in [5, 5.41) is 18.0. The van der Waals surface area contributed by atoms with Gasteiger partial charge in [-0.3, -0.25) is 4.79 Å². The lowest BCUT2D eigenvalue weighted by Crippen LogP contribution is -2.28. The van der Waals surface area contributed by atoms with Crippen molar-refractivity contribution in [2.45, 2.75) is 25.8 Å². The van der Waals surface area contributed by atoms with Crippen LogP contribution in [0, 0.1) is 6.92 Å². The number of carbonyl (C=O) groups is 1. The van der Waals surface area contributed by atoms with Gasteiger partial charge in [-0.2, -0.15) is 0 Å². The van der Waals surface area contributed by atoms with Crippen molar-refractivity contribution in [1.29, 1.82) is 0 Å². The molecule has 0 bridgehead atoms. The molecule has 27 heavy (non-hydrogen) atoms. The van der Waals surface area contributed by atoms with Crippen molar-refractivity contribution in [3.8, 4) is 5.75 Å². The molecule has 6 nitrogen and oxygen atoms in total. The summed E-state index contributed by atoms with van der Waals surface area (Å²) in [5.74, 6) is -0.211. The average Bonchev–Trinajstić information content (AvgIpc) is 3.05. The predicted molar refractivity (Wildman–Crippen MR) is 102 cm³/mol. The number of aryl methyl sites for hydroxylation is 1. The predicted octanol–water partition coefficient (Wildman–Crippen LogP) is 3.92. The fourth-order valence-electron chi connectivity index (χ4n) is 2.94. The molecule has 7 heteroatoms. The van der Waals surface area contributed by atoms with Crippen LogP contribution in [0.5, 0.6) is 5.75 Å². The Bertz CT molecular complexity index is 941. The molecular weight excluding hydrogens is 366 g/mol. The van der Waals surface area contributed by atoms with Gasteiger partial charge in [0.15, 0.2) is 0 Å². The molecule has 0 radical (unpaired) electrons. The monoisotopic (exact) mass is 385 g/mol. The van der Waals surface area contributed by atoms with Crippen LogP contribution in [0.25, 0.3) is 0 Å². The maximum atomic E-state index is 12.9. The second-order valence-corrected chi connectivity index (χ2v) is 6.83. The maximum absolute atomic E-state index is 12.9. The van der Waals surface area contributed by atoms with Crippen LogP contribution in [-0.4, -0.2) is 33.3 Å². The summed E-state index contributed by atoms with van der Waals surface area (Å²) in [6.07, 6.45) is 0.202. The summed E-state index contributed by atoms with van der Waals surface area (Å²) in [7, 11) is 1.71. The number of aromatic hydroxyl groups is 1. The SMILES string of the molecule is Cc1nonc1CN(C)C(=O)C[C@@H](c1cccc(O)c1)c1ccccc1Cl. The van der Waals surface area contributed by atoms with Crippen molar-refractivity contribution >= 4 is 17.5 Å². The fourth-order valence-corrected chi connectivity index (χ4v) is 3.21. The van der Waals surface area contributed by atoms with Crippen LogP contribution < -0.4 is 0 Å². The van der Waals surface area contributed by atoms with Gasteiger partial charge in [-0.05, 0) is 36.2 Å². The van der Waals surface area contributed by atoms with E-state index in [0.717, 1.165) is 11.1 Å². The third-order valence-electron chi connectivity index (χ3n) is 4.49. The summed E-state index contributed by atoms with van der Waals surface area (Å²) in [5.41, 5.74) is 2.94. The van der Waals surface area contributed by atoms with Gasteiger partial charge in [0, 0.05) is 24.4 Å². The quantitative estimate of drug-likeness (QED) is 0.695. The number of halogens is 1. The summed E-state index contributed by atoms with van der Waals surface area (Å²) >= 11 is 6.39. The van der Waals surface area contributed by atoms with Crippen LogP contribution in [-0.2, 0) is 11.3 Å². The molecule has 1 heterocycles. The van der Waals surface area contributed by atoms with Gasteiger partial charge in [-0.15, -0.1) is 0 Å². The number of hydrogen-bond acceptors (Lipinski definition) is 5. The van der Waals surface area contributed by atoms with Crippen molar-refractivity contribution in [3.63, 3.8) is 0 Å². The highest BCUT2D eigenvalue weighted by atomic mass is 35.5. The summed E-state index contributed by atoms with van der Waals surface area (Å²) in [4.78, 5) is 14.5. The number of hydrogen-bond donors (Lipinski definition) is 1. The molecule has 2 aromatic carbocycles. The Balaban J connectivity index is 1.86. The highest BCUT2D eigenvalue weighted by Crippen LogP contribution is 2.34. The molecule has 1 aromatic heterocycles. The Hall–Kier alpha value is -2.86. The minimum atomic E-state index is -0.280. The molecule has 0 aliphatic carbocycles. The first-order chi connectivity index (χ1) is 13.0. The second kappa shape index (κ2) is 8.22. The van der Waals surface area contributed by atoms with Gasteiger partial charge >= 0.3 is 0 Å². The molecule has 140 valence electrons. The standard InChI is InChI=1S/C20H20ClN3O3/c1-13-19(23-27-22-13)12-24(2)20(26)11-17(14-6-5-7-15(25)10-14)16-8-3-4-9-18(16)21/h3-10,17,25H,11-12H2,1-2H3/t17-/m0/s1. The zero-order valence-corrected chi connectivity index (χ0v) is 15.8. The Morgan fingerprint density at radius 3 is 2.67 bits per heavy atom. The minimum absolute atomic E-state index is 0.0781. The fraction of sp³-hybridized carbons (Fsp3) is 0.250. The van der Waals surface area contributed by atoms with Gasteiger partial charge in [-0.25, -0.2) is 4.63 Å². The second-order valence-electron chi connectivity index (χ2n) is 6.42. The molecule has 0 aliphatic heterocycles. The lowest BCUT2D eigenvalue weighted by atomic mass is 9.88. The molecule has 0 aliphatic rings. The number of amides is 1. The van der Waals surface area contributed by atoms with Crippen molar-refractivity contribution < 1.29 is 14.5 Å². The zero-order valence-electron chi connectivity index (χ0n) is 15.1. The molecule has 1 N–H and O–H groups in total. The van der Waals surface area contributed by atoms with Crippen molar-refractivity contribution in [2.75, 3.05) is 7.05 Å². The highest BCUT2D eigenvalue weighted by molar-refractivity contribution is 6.31. The number of benzene rings is 2. The lowest BCUT2D eigenvalue weighted by molar-refractivity contribution is -0.130. The number of nitrogens with zero attached hydrogens (tertiary/aromatic N) is 3. The topological polar surface area (TPSA) is 79.5 Å².